The number of imide groups is 1. The third kappa shape index (κ3) is 5.69. The number of hydrogen-bond donors (Lipinski definition) is 1. The van der Waals surface area contributed by atoms with Crippen LogP contribution in [0.15, 0.2) is 24.3 Å². The highest BCUT2D eigenvalue weighted by molar-refractivity contribution is 8.14. The lowest BCUT2D eigenvalue weighted by Gasteiger charge is -2.13. The number of carbonyl (C=O) groups excluding carboxylic acids is 4. The lowest BCUT2D eigenvalue weighted by molar-refractivity contribution is -0.126. The molecule has 26 heavy (non-hydrogen) atoms. The van der Waals surface area contributed by atoms with E-state index in [1.807, 2.05) is 0 Å². The number of thioether (sulfide) groups is 1. The smallest absolute Gasteiger partial charge is 0.387 e. The fourth-order valence-electron chi connectivity index (χ4n) is 1.94. The first-order valence-corrected chi connectivity index (χ1v) is 8.31. The van der Waals surface area contributed by atoms with Gasteiger partial charge in [-0.2, -0.15) is 8.78 Å². The molecule has 1 N–H and O–H groups in total. The monoisotopic (exact) mass is 388 g/mol. The summed E-state index contributed by atoms with van der Waals surface area (Å²) in [6.07, 6.45) is 0. The van der Waals surface area contributed by atoms with Crippen LogP contribution in [0, 0.1) is 0 Å². The highest BCUT2D eigenvalue weighted by Gasteiger charge is 2.29. The van der Waals surface area contributed by atoms with Crippen LogP contribution in [-0.2, 0) is 14.3 Å². The van der Waals surface area contributed by atoms with Crippen LogP contribution in [0.5, 0.6) is 5.75 Å². The molecule has 1 fully saturated rings. The van der Waals surface area contributed by atoms with Crippen LogP contribution in [0.4, 0.5) is 13.6 Å². The van der Waals surface area contributed by atoms with Gasteiger partial charge in [0, 0.05) is 13.1 Å². The molecule has 1 aromatic rings. The van der Waals surface area contributed by atoms with E-state index in [2.05, 4.69) is 10.1 Å². The van der Waals surface area contributed by atoms with E-state index < -0.39 is 25.1 Å². The van der Waals surface area contributed by atoms with E-state index in [-0.39, 0.29) is 41.3 Å². The van der Waals surface area contributed by atoms with Crippen molar-refractivity contribution in [1.29, 1.82) is 0 Å². The zero-order chi connectivity index (χ0) is 19.1. The summed E-state index contributed by atoms with van der Waals surface area (Å²) in [6, 6.07) is 4.79. The van der Waals surface area contributed by atoms with E-state index in [1.54, 1.807) is 0 Å². The van der Waals surface area contributed by atoms with Crippen molar-refractivity contribution in [2.75, 3.05) is 25.4 Å². The highest BCUT2D eigenvalue weighted by atomic mass is 32.2. The number of nitrogens with zero attached hydrogens (tertiary/aromatic N) is 1. The number of carbonyl (C=O) groups is 4. The van der Waals surface area contributed by atoms with Crippen LogP contribution < -0.4 is 10.1 Å². The number of rotatable bonds is 8. The summed E-state index contributed by atoms with van der Waals surface area (Å²) in [5.74, 6) is -1.77. The van der Waals surface area contributed by atoms with Gasteiger partial charge >= 0.3 is 12.6 Å². The predicted octanol–water partition coefficient (Wildman–Crippen LogP) is 1.26. The van der Waals surface area contributed by atoms with Crippen molar-refractivity contribution in [3.8, 4) is 5.75 Å². The molecule has 0 unspecified atom stereocenters. The van der Waals surface area contributed by atoms with Gasteiger partial charge in [0.25, 0.3) is 11.1 Å². The number of hydrogen-bond acceptors (Lipinski definition) is 7. The summed E-state index contributed by atoms with van der Waals surface area (Å²) in [6.45, 7) is -3.46. The summed E-state index contributed by atoms with van der Waals surface area (Å²) < 4.78 is 33.0. The molecule has 0 atom stereocenters. The van der Waals surface area contributed by atoms with E-state index in [4.69, 9.17) is 4.74 Å². The van der Waals surface area contributed by atoms with E-state index >= 15 is 0 Å². The topological polar surface area (TPSA) is 102 Å². The van der Waals surface area contributed by atoms with Crippen LogP contribution in [0.25, 0.3) is 0 Å². The number of alkyl halides is 2. The van der Waals surface area contributed by atoms with E-state index in [9.17, 15) is 28.0 Å². The molecule has 8 nitrogen and oxygen atoms in total. The summed E-state index contributed by atoms with van der Waals surface area (Å²) in [4.78, 5) is 47.1. The lowest BCUT2D eigenvalue weighted by Crippen LogP contribution is -2.38. The second kappa shape index (κ2) is 9.13. The Morgan fingerprint density at radius 3 is 2.50 bits per heavy atom. The molecule has 1 aromatic carbocycles. The normalized spacial score (nSPS) is 13.9. The molecule has 1 aliphatic heterocycles. The first-order chi connectivity index (χ1) is 12.4. The van der Waals surface area contributed by atoms with Crippen molar-refractivity contribution >= 4 is 34.8 Å². The minimum Gasteiger partial charge on any atom is -0.452 e. The number of amides is 3. The van der Waals surface area contributed by atoms with Gasteiger partial charge in [-0.3, -0.25) is 19.3 Å². The van der Waals surface area contributed by atoms with Crippen molar-refractivity contribution < 1.29 is 37.4 Å². The molecular weight excluding hydrogens is 374 g/mol. The van der Waals surface area contributed by atoms with Crippen molar-refractivity contribution in [3.63, 3.8) is 0 Å². The largest absolute Gasteiger partial charge is 0.452 e. The van der Waals surface area contributed by atoms with Gasteiger partial charge in [-0.15, -0.1) is 0 Å². The highest BCUT2D eigenvalue weighted by Crippen LogP contribution is 2.17. The third-order valence-corrected chi connectivity index (χ3v) is 4.01. The standard InChI is InChI=1S/C15H14F2N2O6S/c16-14(17)25-10-3-1-9(2-4-10)13(22)24-7-11(20)18-5-6-19-12(21)8-26-15(19)23/h1-4,14H,5-8H2,(H,18,20). The van der Waals surface area contributed by atoms with Gasteiger partial charge < -0.3 is 14.8 Å². The minimum atomic E-state index is -2.97. The first kappa shape index (κ1) is 19.6. The maximum Gasteiger partial charge on any atom is 0.387 e. The average Bonchev–Trinajstić information content (AvgIpc) is 2.91. The summed E-state index contributed by atoms with van der Waals surface area (Å²) in [5.41, 5.74) is 0.0599. The number of nitrogens with one attached hydrogen (secondary N) is 1. The van der Waals surface area contributed by atoms with Crippen LogP contribution in [0.3, 0.4) is 0 Å². The molecular formula is C15H14F2N2O6S. The van der Waals surface area contributed by atoms with Crippen LogP contribution in [0.2, 0.25) is 0 Å². The lowest BCUT2D eigenvalue weighted by atomic mass is 10.2. The molecule has 0 radical (unpaired) electrons. The Balaban J connectivity index is 1.70. The summed E-state index contributed by atoms with van der Waals surface area (Å²) in [7, 11) is 0. The fraction of sp³-hybridized carbons (Fsp3) is 0.333. The molecule has 1 aliphatic rings. The third-order valence-electron chi connectivity index (χ3n) is 3.15. The molecule has 0 spiro atoms. The summed E-state index contributed by atoms with van der Waals surface area (Å²) >= 11 is 0.893. The van der Waals surface area contributed by atoms with E-state index in [0.717, 1.165) is 16.7 Å². The van der Waals surface area contributed by atoms with E-state index in [0.29, 0.717) is 0 Å². The second-order valence-corrected chi connectivity index (χ2v) is 5.86. The second-order valence-electron chi connectivity index (χ2n) is 4.93. The Bertz CT molecular complexity index is 682. The molecule has 140 valence electrons. The Morgan fingerprint density at radius 1 is 1.23 bits per heavy atom. The Labute approximate surface area is 150 Å². The zero-order valence-electron chi connectivity index (χ0n) is 13.3. The number of halogens is 2. The Morgan fingerprint density at radius 2 is 1.92 bits per heavy atom. The zero-order valence-corrected chi connectivity index (χ0v) is 14.1. The van der Waals surface area contributed by atoms with Crippen LogP contribution in [0.1, 0.15) is 10.4 Å². The number of ether oxygens (including phenoxy) is 2. The minimum absolute atomic E-state index is 0.0358. The summed E-state index contributed by atoms with van der Waals surface area (Å²) in [5, 5.41) is 2.05. The molecule has 11 heteroatoms. The van der Waals surface area contributed by atoms with Gasteiger partial charge in [-0.1, -0.05) is 11.8 Å². The molecule has 3 amide bonds. The van der Waals surface area contributed by atoms with Gasteiger partial charge in [-0.25, -0.2) is 4.79 Å². The number of esters is 1. The maximum absolute atomic E-state index is 12.0. The van der Waals surface area contributed by atoms with Gasteiger partial charge in [0.15, 0.2) is 6.61 Å². The van der Waals surface area contributed by atoms with Crippen molar-refractivity contribution in [2.24, 2.45) is 0 Å². The SMILES string of the molecule is O=C(COC(=O)c1ccc(OC(F)F)cc1)NCCN1C(=O)CSC1=O. The molecule has 0 saturated carbocycles. The molecule has 0 aromatic heterocycles. The van der Waals surface area contributed by atoms with Gasteiger partial charge in [-0.05, 0) is 24.3 Å². The number of benzene rings is 1. The van der Waals surface area contributed by atoms with Gasteiger partial charge in [0.1, 0.15) is 5.75 Å². The Hall–Kier alpha value is -2.69. The van der Waals surface area contributed by atoms with Gasteiger partial charge in [0.2, 0.25) is 5.91 Å². The Kier molecular flexibility index (Phi) is 6.89. The molecule has 2 rings (SSSR count). The fourth-order valence-corrected chi connectivity index (χ4v) is 2.69. The molecule has 1 saturated heterocycles. The molecule has 0 aliphatic carbocycles. The van der Waals surface area contributed by atoms with Crippen molar-refractivity contribution in [1.82, 2.24) is 10.2 Å². The molecule has 0 bridgehead atoms. The van der Waals surface area contributed by atoms with Crippen LogP contribution in [-0.4, -0.2) is 60.0 Å². The molecule has 1 heterocycles. The average molecular weight is 388 g/mol. The predicted molar refractivity (Wildman–Crippen MR) is 85.9 cm³/mol. The maximum atomic E-state index is 12.0. The van der Waals surface area contributed by atoms with Crippen molar-refractivity contribution in [3.05, 3.63) is 29.8 Å². The van der Waals surface area contributed by atoms with Gasteiger partial charge in [0.05, 0.1) is 11.3 Å². The van der Waals surface area contributed by atoms with Crippen molar-refractivity contribution in [2.45, 2.75) is 6.61 Å². The van der Waals surface area contributed by atoms with E-state index in [1.165, 1.54) is 24.3 Å². The quantitative estimate of drug-likeness (QED) is 0.669. The van der Waals surface area contributed by atoms with Crippen LogP contribution >= 0.6 is 11.8 Å². The first-order valence-electron chi connectivity index (χ1n) is 7.32.